The predicted octanol–water partition coefficient (Wildman–Crippen LogP) is 1.31. The number of esters is 2. The molecule has 0 saturated carbocycles. The van der Waals surface area contributed by atoms with Gasteiger partial charge in [-0.25, -0.2) is 9.59 Å². The minimum absolute atomic E-state index is 0.302. The largest absolute Gasteiger partial charge is 0.466 e. The lowest BCUT2D eigenvalue weighted by molar-refractivity contribution is -0.163. The number of nitrogens with two attached hydrogens (primary N) is 1. The fourth-order valence-corrected chi connectivity index (χ4v) is 1.32. The number of benzene rings is 1. The Balaban J connectivity index is 2.91. The Morgan fingerprint density at radius 1 is 1.28 bits per heavy atom. The Kier molecular flexibility index (Phi) is 4.92. The van der Waals surface area contributed by atoms with Gasteiger partial charge >= 0.3 is 11.9 Å². The number of hydrogen-bond donors (Lipinski definition) is 1. The van der Waals surface area contributed by atoms with Crippen LogP contribution in [0.2, 0.25) is 0 Å². The first-order valence-corrected chi connectivity index (χ1v) is 5.31. The van der Waals surface area contributed by atoms with Gasteiger partial charge in [0, 0.05) is 17.3 Å². The molecule has 0 aliphatic rings. The average molecular weight is 249 g/mol. The van der Waals surface area contributed by atoms with Gasteiger partial charge in [0.15, 0.2) is 0 Å². The molecule has 0 aliphatic heterocycles. The molecule has 0 aliphatic carbocycles. The van der Waals surface area contributed by atoms with Gasteiger partial charge in [-0.15, -0.1) is 0 Å². The number of ether oxygens (including phenoxy) is 2. The molecule has 0 fully saturated rings. The molecule has 0 amide bonds. The van der Waals surface area contributed by atoms with Crippen LogP contribution in [0.25, 0.3) is 0 Å². The Morgan fingerprint density at radius 2 is 1.89 bits per heavy atom. The molecule has 0 bridgehead atoms. The van der Waals surface area contributed by atoms with E-state index in [1.54, 1.807) is 37.3 Å². The minimum Gasteiger partial charge on any atom is -0.466 e. The first-order chi connectivity index (χ1) is 8.54. The van der Waals surface area contributed by atoms with Gasteiger partial charge in [0.1, 0.15) is 0 Å². The second-order valence-corrected chi connectivity index (χ2v) is 3.64. The third-order valence-corrected chi connectivity index (χ3v) is 2.10. The van der Waals surface area contributed by atoms with E-state index < -0.39 is 18.0 Å². The number of carbonyl (C=O) groups is 2. The molecular weight excluding hydrogens is 234 g/mol. The number of methoxy groups -OCH3 is 1. The van der Waals surface area contributed by atoms with E-state index >= 15 is 0 Å². The first kappa shape index (κ1) is 13.8. The molecule has 0 spiro atoms. The Bertz CT molecular complexity index is 449. The van der Waals surface area contributed by atoms with E-state index in [4.69, 9.17) is 10.5 Å². The van der Waals surface area contributed by atoms with E-state index in [-0.39, 0.29) is 0 Å². The first-order valence-electron chi connectivity index (χ1n) is 5.31. The number of hydrogen-bond acceptors (Lipinski definition) is 5. The van der Waals surface area contributed by atoms with E-state index in [1.165, 1.54) is 7.11 Å². The average Bonchev–Trinajstić information content (AvgIpc) is 2.35. The van der Waals surface area contributed by atoms with Gasteiger partial charge < -0.3 is 15.2 Å². The van der Waals surface area contributed by atoms with E-state index in [0.29, 0.717) is 11.3 Å². The van der Waals surface area contributed by atoms with Crippen LogP contribution in [0.3, 0.4) is 0 Å². The topological polar surface area (TPSA) is 78.6 Å². The highest BCUT2D eigenvalue weighted by molar-refractivity contribution is 5.86. The van der Waals surface area contributed by atoms with Gasteiger partial charge in [-0.2, -0.15) is 0 Å². The van der Waals surface area contributed by atoms with Crippen LogP contribution in [0.5, 0.6) is 0 Å². The molecule has 96 valence electrons. The molecule has 2 N–H and O–H groups in total. The highest BCUT2D eigenvalue weighted by atomic mass is 16.6. The molecule has 0 heterocycles. The summed E-state index contributed by atoms with van der Waals surface area (Å²) in [5, 5.41) is 0. The third-order valence-electron chi connectivity index (χ3n) is 2.10. The van der Waals surface area contributed by atoms with Crippen LogP contribution >= 0.6 is 0 Å². The third kappa shape index (κ3) is 3.93. The van der Waals surface area contributed by atoms with E-state index in [0.717, 1.165) is 6.08 Å². The van der Waals surface area contributed by atoms with Crippen molar-refractivity contribution in [3.63, 3.8) is 0 Å². The summed E-state index contributed by atoms with van der Waals surface area (Å²) in [4.78, 5) is 23.1. The fourth-order valence-electron chi connectivity index (χ4n) is 1.32. The van der Waals surface area contributed by atoms with Crippen molar-refractivity contribution in [3.8, 4) is 0 Å². The minimum atomic E-state index is -1.08. The maximum Gasteiger partial charge on any atom is 0.351 e. The van der Waals surface area contributed by atoms with Crippen LogP contribution in [-0.4, -0.2) is 19.0 Å². The molecule has 5 nitrogen and oxygen atoms in total. The molecular formula is C13H15NO4. The monoisotopic (exact) mass is 249 g/mol. The molecule has 0 radical (unpaired) electrons. The summed E-state index contributed by atoms with van der Waals surface area (Å²) in [7, 11) is 1.23. The van der Waals surface area contributed by atoms with Crippen LogP contribution < -0.4 is 5.73 Å². The van der Waals surface area contributed by atoms with Crippen LogP contribution in [0.15, 0.2) is 42.1 Å². The SMILES string of the molecule is COC(=O)C(OC(=O)/C=C(/C)N)c1ccccc1. The van der Waals surface area contributed by atoms with Gasteiger partial charge in [0.05, 0.1) is 7.11 Å². The van der Waals surface area contributed by atoms with E-state index in [9.17, 15) is 9.59 Å². The normalized spacial score (nSPS) is 12.7. The molecule has 0 saturated heterocycles. The van der Waals surface area contributed by atoms with Crippen LogP contribution in [-0.2, 0) is 19.1 Å². The number of allylic oxidation sites excluding steroid dienone is 1. The quantitative estimate of drug-likeness (QED) is 0.643. The molecule has 1 aromatic carbocycles. The predicted molar refractivity (Wildman–Crippen MR) is 65.2 cm³/mol. The zero-order valence-corrected chi connectivity index (χ0v) is 10.3. The Labute approximate surface area is 105 Å². The maximum absolute atomic E-state index is 11.6. The van der Waals surface area contributed by atoms with Crippen LogP contribution in [0.4, 0.5) is 0 Å². The van der Waals surface area contributed by atoms with Crippen molar-refractivity contribution < 1.29 is 19.1 Å². The lowest BCUT2D eigenvalue weighted by Crippen LogP contribution is -2.20. The van der Waals surface area contributed by atoms with Gasteiger partial charge in [-0.3, -0.25) is 0 Å². The number of rotatable bonds is 4. The smallest absolute Gasteiger partial charge is 0.351 e. The van der Waals surface area contributed by atoms with Gasteiger partial charge in [-0.1, -0.05) is 30.3 Å². The van der Waals surface area contributed by atoms with Gasteiger partial charge in [-0.05, 0) is 6.92 Å². The molecule has 18 heavy (non-hydrogen) atoms. The fraction of sp³-hybridized carbons (Fsp3) is 0.231. The Morgan fingerprint density at radius 3 is 2.39 bits per heavy atom. The standard InChI is InChI=1S/C13H15NO4/c1-9(14)8-11(15)18-12(13(16)17-2)10-6-4-3-5-7-10/h3-8,12H,14H2,1-2H3/b9-8-. The zero-order valence-electron chi connectivity index (χ0n) is 10.3. The summed E-state index contributed by atoms with van der Waals surface area (Å²) < 4.78 is 9.63. The molecule has 1 rings (SSSR count). The van der Waals surface area contributed by atoms with Gasteiger partial charge in [0.2, 0.25) is 6.10 Å². The highest BCUT2D eigenvalue weighted by Gasteiger charge is 2.24. The summed E-state index contributed by atoms with van der Waals surface area (Å²) in [6.07, 6.45) is 0.0260. The van der Waals surface area contributed by atoms with Crippen molar-refractivity contribution in [1.82, 2.24) is 0 Å². The molecule has 1 atom stereocenters. The van der Waals surface area contributed by atoms with E-state index in [2.05, 4.69) is 4.74 Å². The maximum atomic E-state index is 11.6. The summed E-state index contributed by atoms with van der Waals surface area (Å²) in [5.41, 5.74) is 6.21. The van der Waals surface area contributed by atoms with Crippen molar-refractivity contribution in [3.05, 3.63) is 47.7 Å². The summed E-state index contributed by atoms with van der Waals surface area (Å²) in [6.45, 7) is 1.55. The van der Waals surface area contributed by atoms with Crippen molar-refractivity contribution in [2.24, 2.45) is 5.73 Å². The zero-order chi connectivity index (χ0) is 13.5. The highest BCUT2D eigenvalue weighted by Crippen LogP contribution is 2.19. The molecule has 0 aromatic heterocycles. The lowest BCUT2D eigenvalue weighted by Gasteiger charge is -2.14. The molecule has 1 unspecified atom stereocenters. The van der Waals surface area contributed by atoms with E-state index in [1.807, 2.05) is 0 Å². The van der Waals surface area contributed by atoms with Crippen molar-refractivity contribution in [2.45, 2.75) is 13.0 Å². The van der Waals surface area contributed by atoms with Crippen molar-refractivity contribution in [2.75, 3.05) is 7.11 Å². The second-order valence-electron chi connectivity index (χ2n) is 3.64. The summed E-state index contributed by atoms with van der Waals surface area (Å²) >= 11 is 0. The lowest BCUT2D eigenvalue weighted by atomic mass is 10.1. The summed E-state index contributed by atoms with van der Waals surface area (Å²) in [6, 6.07) is 8.62. The molecule has 1 aromatic rings. The van der Waals surface area contributed by atoms with Gasteiger partial charge in [0.25, 0.3) is 0 Å². The van der Waals surface area contributed by atoms with Crippen LogP contribution in [0.1, 0.15) is 18.6 Å². The van der Waals surface area contributed by atoms with Crippen molar-refractivity contribution in [1.29, 1.82) is 0 Å². The number of carbonyl (C=O) groups excluding carboxylic acids is 2. The summed E-state index contributed by atoms with van der Waals surface area (Å²) in [5.74, 6) is -1.33. The van der Waals surface area contributed by atoms with Crippen molar-refractivity contribution >= 4 is 11.9 Å². The molecule has 5 heteroatoms. The second kappa shape index (κ2) is 6.44. The Hall–Kier alpha value is -2.30. The van der Waals surface area contributed by atoms with Crippen LogP contribution in [0, 0.1) is 0 Å².